The zero-order valence-corrected chi connectivity index (χ0v) is 18.4. The SMILES string of the molecule is C=Ic1c(S(=O)(=O)O)cc2cc([C@H](C)I)ccc2c1I=C. The molecular weight excluding hydrogens is 629 g/mol. The molecule has 0 bridgehead atoms. The molecular formula is C14H13I3O3S. The molecule has 0 aliphatic heterocycles. The minimum absolute atomic E-state index is 0.0226. The van der Waals surface area contributed by atoms with Crippen molar-refractivity contribution in [1.82, 2.24) is 0 Å². The lowest BCUT2D eigenvalue weighted by Crippen LogP contribution is -2.03. The van der Waals surface area contributed by atoms with E-state index in [1.165, 1.54) is 0 Å². The summed E-state index contributed by atoms with van der Waals surface area (Å²) in [5, 5.41) is 1.90. The van der Waals surface area contributed by atoms with Gasteiger partial charge in [0.25, 0.3) is 10.1 Å². The Labute approximate surface area is 157 Å². The number of hydrogen-bond acceptors (Lipinski definition) is 2. The number of rotatable bonds is 4. The maximum Gasteiger partial charge on any atom is 0.295 e. The molecule has 3 nitrogen and oxygen atoms in total. The van der Waals surface area contributed by atoms with Gasteiger partial charge in [-0.15, -0.1) is 0 Å². The molecule has 0 amide bonds. The van der Waals surface area contributed by atoms with Gasteiger partial charge < -0.3 is 0 Å². The molecule has 0 aliphatic rings. The van der Waals surface area contributed by atoms with Crippen molar-refractivity contribution in [3.05, 3.63) is 37.0 Å². The van der Waals surface area contributed by atoms with Gasteiger partial charge in [-0.05, 0) is 29.3 Å². The van der Waals surface area contributed by atoms with Crippen molar-refractivity contribution >= 4 is 94.0 Å². The van der Waals surface area contributed by atoms with Crippen molar-refractivity contribution in [1.29, 1.82) is 0 Å². The molecule has 0 aliphatic carbocycles. The van der Waals surface area contributed by atoms with Crippen LogP contribution in [0.5, 0.6) is 0 Å². The van der Waals surface area contributed by atoms with Crippen LogP contribution in [0.1, 0.15) is 16.4 Å². The van der Waals surface area contributed by atoms with Crippen LogP contribution in [0.15, 0.2) is 29.2 Å². The lowest BCUT2D eigenvalue weighted by molar-refractivity contribution is 0.482. The maximum atomic E-state index is 11.7. The summed E-state index contributed by atoms with van der Waals surface area (Å²) in [5.41, 5.74) is 1.13. The molecule has 0 radical (unpaired) electrons. The van der Waals surface area contributed by atoms with E-state index in [0.29, 0.717) is 7.49 Å². The Balaban J connectivity index is 2.98. The molecule has 0 saturated heterocycles. The monoisotopic (exact) mass is 642 g/mol. The standard InChI is InChI=1S/C14H13I3O3S/c1-8(15)9-4-5-11-10(6-9)7-12(21(18,19)20)14(17-3)13(11)16-2/h4-8H,2-3H2,1H3,(H,18,19,20)/t8-/m0/s1. The second-order valence-corrected chi connectivity index (χ2v) is 11.3. The number of benzene rings is 2. The van der Waals surface area contributed by atoms with Crippen LogP contribution in [0.25, 0.3) is 10.8 Å². The first-order valence-corrected chi connectivity index (χ1v) is 13.7. The third-order valence-electron chi connectivity index (χ3n) is 3.01. The van der Waals surface area contributed by atoms with Crippen LogP contribution in [0, 0.1) is 7.14 Å². The predicted octanol–water partition coefficient (Wildman–Crippen LogP) is 4.73. The lowest BCUT2D eigenvalue weighted by Gasteiger charge is -2.12. The van der Waals surface area contributed by atoms with E-state index < -0.39 is 51.6 Å². The van der Waals surface area contributed by atoms with Crippen LogP contribution in [-0.2, 0) is 10.1 Å². The molecule has 114 valence electrons. The Kier molecular flexibility index (Phi) is 5.94. The van der Waals surface area contributed by atoms with E-state index in [-0.39, 0.29) is 4.90 Å². The van der Waals surface area contributed by atoms with Gasteiger partial charge >= 0.3 is 0 Å². The fourth-order valence-electron chi connectivity index (χ4n) is 2.02. The van der Waals surface area contributed by atoms with E-state index in [1.54, 1.807) is 6.07 Å². The molecule has 7 heteroatoms. The van der Waals surface area contributed by atoms with Crippen molar-refractivity contribution in [3.63, 3.8) is 0 Å². The topological polar surface area (TPSA) is 54.4 Å². The van der Waals surface area contributed by atoms with E-state index in [1.807, 2.05) is 12.1 Å². The van der Waals surface area contributed by atoms with Gasteiger partial charge in [0.15, 0.2) is 0 Å². The summed E-state index contributed by atoms with van der Waals surface area (Å²) >= 11 is 1.06. The third kappa shape index (κ3) is 3.72. The lowest BCUT2D eigenvalue weighted by atomic mass is 10.1. The summed E-state index contributed by atoms with van der Waals surface area (Å²) in [5.74, 6) is 0. The Bertz CT molecular complexity index is 842. The molecule has 1 atom stereocenters. The highest BCUT2D eigenvalue weighted by atomic mass is 127. The number of hydrogen-bond donors (Lipinski definition) is 1. The van der Waals surface area contributed by atoms with E-state index in [9.17, 15) is 13.0 Å². The molecule has 0 spiro atoms. The van der Waals surface area contributed by atoms with Gasteiger partial charge in [0.2, 0.25) is 0 Å². The molecule has 0 saturated carbocycles. The molecule has 2 rings (SSSR count). The summed E-state index contributed by atoms with van der Waals surface area (Å²) in [7, 11) is -4.23. The smallest absolute Gasteiger partial charge is 0.282 e. The van der Waals surface area contributed by atoms with E-state index in [2.05, 4.69) is 44.6 Å². The largest absolute Gasteiger partial charge is 0.295 e. The normalized spacial score (nSPS) is 13.5. The fraction of sp³-hybridized carbons (Fsp3) is 0.143. The van der Waals surface area contributed by atoms with Gasteiger partial charge in [0.05, 0.1) is 0 Å². The first kappa shape index (κ1) is 17.9. The highest BCUT2D eigenvalue weighted by Gasteiger charge is 2.19. The van der Waals surface area contributed by atoms with Crippen molar-refractivity contribution in [3.8, 4) is 0 Å². The van der Waals surface area contributed by atoms with Gasteiger partial charge in [-0.3, -0.25) is 4.55 Å². The van der Waals surface area contributed by atoms with Gasteiger partial charge in [0, 0.05) is 11.1 Å². The highest BCUT2D eigenvalue weighted by Crippen LogP contribution is 2.36. The van der Waals surface area contributed by atoms with Crippen LogP contribution in [0.2, 0.25) is 0 Å². The van der Waals surface area contributed by atoms with Crippen molar-refractivity contribution in [2.24, 2.45) is 0 Å². The molecule has 2 aromatic carbocycles. The first-order valence-electron chi connectivity index (χ1n) is 5.78. The Morgan fingerprint density at radius 3 is 2.29 bits per heavy atom. The summed E-state index contributed by atoms with van der Waals surface area (Å²) in [6.07, 6.45) is 0. The summed E-state index contributed by atoms with van der Waals surface area (Å²) in [4.78, 5) is 0.0226. The zero-order chi connectivity index (χ0) is 15.8. The van der Waals surface area contributed by atoms with Crippen molar-refractivity contribution in [2.75, 3.05) is 0 Å². The number of halogens is 3. The van der Waals surface area contributed by atoms with Gasteiger partial charge in [0.1, 0.15) is 4.90 Å². The van der Waals surface area contributed by atoms with Crippen molar-refractivity contribution < 1.29 is 13.0 Å². The summed E-state index contributed by atoms with van der Waals surface area (Å²) in [6.45, 7) is 2.08. The first-order chi connectivity index (χ1) is 9.79. The second kappa shape index (κ2) is 6.97. The van der Waals surface area contributed by atoms with Gasteiger partial charge in [-0.1, -0.05) is 91.3 Å². The number of alkyl halides is 1. The van der Waals surface area contributed by atoms with Crippen LogP contribution in [0.3, 0.4) is 0 Å². The minimum atomic E-state index is -4.23. The van der Waals surface area contributed by atoms with Gasteiger partial charge in [-0.25, -0.2) is 0 Å². The molecule has 0 aromatic heterocycles. The molecule has 1 N–H and O–H groups in total. The Hall–Kier alpha value is 0.540. The average Bonchev–Trinajstić information content (AvgIpc) is 2.43. The van der Waals surface area contributed by atoms with Crippen LogP contribution < -0.4 is 0 Å². The quantitative estimate of drug-likeness (QED) is 0.299. The fourth-order valence-corrected chi connectivity index (χ4v) is 9.02. The summed E-state index contributed by atoms with van der Waals surface area (Å²) < 4.78 is 42.8. The van der Waals surface area contributed by atoms with Gasteiger partial charge in [-0.2, -0.15) is 8.42 Å². The number of fused-ring (bicyclic) bond motifs is 1. The third-order valence-corrected chi connectivity index (χ3v) is 9.77. The van der Waals surface area contributed by atoms with E-state index >= 15 is 0 Å². The Morgan fingerprint density at radius 2 is 1.81 bits per heavy atom. The second-order valence-electron chi connectivity index (χ2n) is 4.34. The average molecular weight is 642 g/mol. The zero-order valence-electron chi connectivity index (χ0n) is 11.1. The van der Waals surface area contributed by atoms with E-state index in [4.69, 9.17) is 0 Å². The van der Waals surface area contributed by atoms with E-state index in [0.717, 1.165) is 19.9 Å². The molecule has 21 heavy (non-hydrogen) atoms. The van der Waals surface area contributed by atoms with Crippen molar-refractivity contribution in [2.45, 2.75) is 15.7 Å². The Morgan fingerprint density at radius 1 is 1.19 bits per heavy atom. The molecule has 2 aromatic rings. The summed E-state index contributed by atoms with van der Waals surface area (Å²) in [6, 6.07) is 7.68. The van der Waals surface area contributed by atoms with Crippen LogP contribution in [-0.4, -0.2) is 22.0 Å². The van der Waals surface area contributed by atoms with Crippen LogP contribution in [0.4, 0.5) is 0 Å². The molecule has 0 heterocycles. The molecule has 0 fully saturated rings. The minimum Gasteiger partial charge on any atom is -0.282 e. The highest BCUT2D eigenvalue weighted by molar-refractivity contribution is 14.2. The van der Waals surface area contributed by atoms with Crippen LogP contribution >= 0.6 is 64.1 Å². The predicted molar refractivity (Wildman–Crippen MR) is 116 cm³/mol. The maximum absolute atomic E-state index is 11.7. The molecule has 0 unspecified atom stereocenters.